The Morgan fingerprint density at radius 1 is 1.36 bits per heavy atom. The zero-order chi connectivity index (χ0) is 20.1. The lowest BCUT2D eigenvalue weighted by atomic mass is 9.70. The van der Waals surface area contributed by atoms with E-state index in [0.717, 1.165) is 56.0 Å². The Morgan fingerprint density at radius 2 is 2.11 bits per heavy atom. The summed E-state index contributed by atoms with van der Waals surface area (Å²) in [4.78, 5) is 4.92. The van der Waals surface area contributed by atoms with Gasteiger partial charge in [-0.1, -0.05) is 13.0 Å². The SMILES string of the molecule is CCCS(=O)N1CCC(c2cccc(C)n2)([C@H](C)NCc2cscc2Br)CC1. The molecular formula is C21H30BrN3OS2. The summed E-state index contributed by atoms with van der Waals surface area (Å²) in [6.45, 7) is 8.99. The van der Waals surface area contributed by atoms with Crippen LogP contribution in [0, 0.1) is 6.92 Å². The summed E-state index contributed by atoms with van der Waals surface area (Å²) in [7, 11) is -0.857. The zero-order valence-electron chi connectivity index (χ0n) is 16.9. The molecule has 0 aliphatic carbocycles. The fourth-order valence-corrected chi connectivity index (χ4v) is 6.66. The number of piperidine rings is 1. The van der Waals surface area contributed by atoms with Gasteiger partial charge in [0.1, 0.15) is 0 Å². The van der Waals surface area contributed by atoms with Crippen LogP contribution in [0.5, 0.6) is 0 Å². The molecule has 1 aliphatic rings. The molecule has 1 fully saturated rings. The van der Waals surface area contributed by atoms with Crippen LogP contribution in [-0.2, 0) is 22.9 Å². The van der Waals surface area contributed by atoms with Gasteiger partial charge < -0.3 is 5.32 Å². The Hall–Kier alpha value is -0.600. The van der Waals surface area contributed by atoms with E-state index in [2.05, 4.69) is 75.3 Å². The number of pyridine rings is 1. The summed E-state index contributed by atoms with van der Waals surface area (Å²) in [6, 6.07) is 6.62. The number of thiophene rings is 1. The Kier molecular flexibility index (Phi) is 7.84. The van der Waals surface area contributed by atoms with Gasteiger partial charge in [0.25, 0.3) is 0 Å². The van der Waals surface area contributed by atoms with Gasteiger partial charge in [0.15, 0.2) is 0 Å². The van der Waals surface area contributed by atoms with Gasteiger partial charge in [-0.15, -0.1) is 0 Å². The molecule has 0 bridgehead atoms. The minimum Gasteiger partial charge on any atom is -0.309 e. The van der Waals surface area contributed by atoms with Crippen LogP contribution in [0.25, 0.3) is 0 Å². The topological polar surface area (TPSA) is 45.2 Å². The van der Waals surface area contributed by atoms with Crippen molar-refractivity contribution >= 4 is 38.3 Å². The molecule has 3 heterocycles. The maximum Gasteiger partial charge on any atom is 0.0942 e. The summed E-state index contributed by atoms with van der Waals surface area (Å²) in [5, 5.41) is 8.08. The van der Waals surface area contributed by atoms with Crippen LogP contribution in [0.2, 0.25) is 0 Å². The van der Waals surface area contributed by atoms with Crippen LogP contribution in [0.15, 0.2) is 33.4 Å². The minimum absolute atomic E-state index is 0.0402. The number of hydrogen-bond acceptors (Lipinski definition) is 4. The molecule has 4 nitrogen and oxygen atoms in total. The number of rotatable bonds is 8. The smallest absolute Gasteiger partial charge is 0.0942 e. The Balaban J connectivity index is 1.80. The highest BCUT2D eigenvalue weighted by Crippen LogP contribution is 2.38. The molecule has 1 saturated heterocycles. The molecule has 0 radical (unpaired) electrons. The lowest BCUT2D eigenvalue weighted by Gasteiger charge is -2.45. The number of halogens is 1. The molecule has 1 aliphatic heterocycles. The maximum absolute atomic E-state index is 12.5. The second-order valence-electron chi connectivity index (χ2n) is 7.62. The van der Waals surface area contributed by atoms with Crippen LogP contribution < -0.4 is 5.32 Å². The van der Waals surface area contributed by atoms with Crippen LogP contribution in [0.1, 0.15) is 50.1 Å². The van der Waals surface area contributed by atoms with Crippen molar-refractivity contribution in [1.29, 1.82) is 0 Å². The standard InChI is InChI=1S/C21H30BrN3OS2/c1-4-12-28(26)25-10-8-21(9-11-25,20-7-5-6-16(2)24-20)17(3)23-13-18-14-27-15-19(18)22/h5-7,14-15,17,23H,4,8-13H2,1-3H3/t17-,28?/m0/s1. The summed E-state index contributed by atoms with van der Waals surface area (Å²) >= 11 is 5.36. The first-order valence-corrected chi connectivity index (χ1v) is 13.0. The van der Waals surface area contributed by atoms with Crippen molar-refractivity contribution in [3.63, 3.8) is 0 Å². The van der Waals surface area contributed by atoms with Crippen LogP contribution >= 0.6 is 27.3 Å². The first-order chi connectivity index (χ1) is 13.5. The fourth-order valence-electron chi connectivity index (χ4n) is 4.02. The van der Waals surface area contributed by atoms with Gasteiger partial charge in [0, 0.05) is 58.1 Å². The van der Waals surface area contributed by atoms with Crippen molar-refractivity contribution in [2.45, 2.75) is 58.0 Å². The Bertz CT molecular complexity index is 802. The largest absolute Gasteiger partial charge is 0.309 e. The molecule has 1 unspecified atom stereocenters. The normalized spacial score (nSPS) is 19.4. The number of nitrogens with zero attached hydrogens (tertiary/aromatic N) is 2. The van der Waals surface area contributed by atoms with E-state index in [9.17, 15) is 4.21 Å². The second kappa shape index (κ2) is 9.94. The summed E-state index contributed by atoms with van der Waals surface area (Å²) in [5.74, 6) is 0.760. The monoisotopic (exact) mass is 483 g/mol. The predicted octanol–water partition coefficient (Wildman–Crippen LogP) is 4.80. The molecule has 0 aromatic carbocycles. The minimum atomic E-state index is -0.857. The zero-order valence-corrected chi connectivity index (χ0v) is 20.1. The summed E-state index contributed by atoms with van der Waals surface area (Å²) in [6.07, 6.45) is 2.90. The Labute approximate surface area is 183 Å². The second-order valence-corrected chi connectivity index (χ2v) is 10.8. The number of nitrogens with one attached hydrogen (secondary N) is 1. The molecule has 154 valence electrons. The molecule has 0 saturated carbocycles. The molecule has 2 aromatic heterocycles. The van der Waals surface area contributed by atoms with Gasteiger partial charge in [-0.25, -0.2) is 8.51 Å². The van der Waals surface area contributed by atoms with E-state index < -0.39 is 11.0 Å². The molecule has 2 aromatic rings. The van der Waals surface area contributed by atoms with Gasteiger partial charge >= 0.3 is 0 Å². The predicted molar refractivity (Wildman–Crippen MR) is 123 cm³/mol. The maximum atomic E-state index is 12.5. The molecule has 0 spiro atoms. The third-order valence-corrected chi connectivity index (χ3v) is 9.33. The fraction of sp³-hybridized carbons (Fsp3) is 0.571. The van der Waals surface area contributed by atoms with Crippen molar-refractivity contribution in [3.8, 4) is 0 Å². The number of aromatic nitrogens is 1. The van der Waals surface area contributed by atoms with Crippen molar-refractivity contribution in [3.05, 3.63) is 50.4 Å². The molecule has 28 heavy (non-hydrogen) atoms. The van der Waals surface area contributed by atoms with Crippen molar-refractivity contribution < 1.29 is 4.21 Å². The van der Waals surface area contributed by atoms with E-state index in [1.165, 1.54) is 10.0 Å². The van der Waals surface area contributed by atoms with Crippen LogP contribution in [-0.4, -0.2) is 38.4 Å². The van der Waals surface area contributed by atoms with Gasteiger partial charge in [-0.2, -0.15) is 11.3 Å². The van der Waals surface area contributed by atoms with Crippen molar-refractivity contribution in [2.75, 3.05) is 18.8 Å². The third kappa shape index (κ3) is 4.93. The Morgan fingerprint density at radius 3 is 2.71 bits per heavy atom. The summed E-state index contributed by atoms with van der Waals surface area (Å²) in [5.41, 5.74) is 3.48. The van der Waals surface area contributed by atoms with E-state index >= 15 is 0 Å². The molecular weight excluding hydrogens is 454 g/mol. The molecule has 0 amide bonds. The first kappa shape index (κ1) is 22.1. The molecule has 1 N–H and O–H groups in total. The molecule has 2 atom stereocenters. The molecule has 7 heteroatoms. The highest BCUT2D eigenvalue weighted by Gasteiger charge is 2.42. The lowest BCUT2D eigenvalue weighted by molar-refractivity contribution is 0.184. The first-order valence-electron chi connectivity index (χ1n) is 9.98. The van der Waals surface area contributed by atoms with Crippen LogP contribution in [0.3, 0.4) is 0 Å². The third-order valence-electron chi connectivity index (χ3n) is 5.80. The highest BCUT2D eigenvalue weighted by molar-refractivity contribution is 9.10. The number of hydrogen-bond donors (Lipinski definition) is 1. The van der Waals surface area contributed by atoms with Crippen LogP contribution in [0.4, 0.5) is 0 Å². The molecule has 3 rings (SSSR count). The van der Waals surface area contributed by atoms with Gasteiger partial charge in [-0.05, 0) is 72.1 Å². The van der Waals surface area contributed by atoms with E-state index in [1.807, 2.05) is 0 Å². The van der Waals surface area contributed by atoms with Crippen molar-refractivity contribution in [1.82, 2.24) is 14.6 Å². The van der Waals surface area contributed by atoms with E-state index in [1.54, 1.807) is 11.3 Å². The summed E-state index contributed by atoms with van der Waals surface area (Å²) < 4.78 is 15.8. The average Bonchev–Trinajstić information content (AvgIpc) is 3.11. The van der Waals surface area contributed by atoms with E-state index in [-0.39, 0.29) is 11.5 Å². The van der Waals surface area contributed by atoms with Gasteiger partial charge in [-0.3, -0.25) is 4.98 Å². The van der Waals surface area contributed by atoms with E-state index in [0.29, 0.717) is 0 Å². The van der Waals surface area contributed by atoms with Crippen molar-refractivity contribution in [2.24, 2.45) is 0 Å². The quantitative estimate of drug-likeness (QED) is 0.586. The highest BCUT2D eigenvalue weighted by atomic mass is 79.9. The van der Waals surface area contributed by atoms with E-state index in [4.69, 9.17) is 4.98 Å². The van der Waals surface area contributed by atoms with Gasteiger partial charge in [0.05, 0.1) is 11.0 Å². The lowest BCUT2D eigenvalue weighted by Crippen LogP contribution is -2.53. The van der Waals surface area contributed by atoms with Gasteiger partial charge in [0.2, 0.25) is 0 Å². The number of aryl methyl sites for hydroxylation is 1. The average molecular weight is 485 g/mol.